The lowest BCUT2D eigenvalue weighted by molar-refractivity contribution is -0.161. The first-order valence-corrected chi connectivity index (χ1v) is 46.8. The van der Waals surface area contributed by atoms with E-state index in [1.807, 2.05) is 0 Å². The number of hydrogen-bond donors (Lipinski definition) is 3. The van der Waals surface area contributed by atoms with E-state index in [2.05, 4.69) is 65.8 Å². The zero-order valence-electron chi connectivity index (χ0n) is 68.5. The van der Waals surface area contributed by atoms with Crippen LogP contribution in [0.3, 0.4) is 0 Å². The fourth-order valence-electron chi connectivity index (χ4n) is 12.9. The Kier molecular flexibility index (Phi) is 75.1. The molecule has 2 unspecified atom stereocenters. The van der Waals surface area contributed by atoms with Crippen molar-refractivity contribution < 1.29 is 80.2 Å². The highest BCUT2D eigenvalue weighted by molar-refractivity contribution is 7.47. The summed E-state index contributed by atoms with van der Waals surface area (Å²) in [5.74, 6) is -0.603. The van der Waals surface area contributed by atoms with Crippen LogP contribution in [0.5, 0.6) is 0 Å². The molecule has 0 fully saturated rings. The monoisotopic (exact) mass is 1530 g/mol. The van der Waals surface area contributed by atoms with Crippen LogP contribution in [0.25, 0.3) is 0 Å². The number of allylic oxidation sites excluding steroid dienone is 4. The van der Waals surface area contributed by atoms with Crippen molar-refractivity contribution in [2.75, 3.05) is 39.6 Å². The maximum absolute atomic E-state index is 13.1. The molecule has 0 aliphatic heterocycles. The van der Waals surface area contributed by atoms with Crippen molar-refractivity contribution in [1.82, 2.24) is 0 Å². The number of hydrogen-bond acceptors (Lipinski definition) is 15. The van der Waals surface area contributed by atoms with Crippen LogP contribution in [0.15, 0.2) is 24.3 Å². The van der Waals surface area contributed by atoms with Crippen molar-refractivity contribution in [2.45, 2.75) is 452 Å². The van der Waals surface area contributed by atoms with Gasteiger partial charge in [-0.15, -0.1) is 0 Å². The summed E-state index contributed by atoms with van der Waals surface area (Å²) in [5, 5.41) is 10.7. The summed E-state index contributed by atoms with van der Waals surface area (Å²) < 4.78 is 68.8. The van der Waals surface area contributed by atoms with Crippen LogP contribution < -0.4 is 0 Å². The number of phosphoric ester groups is 2. The molecule has 0 aliphatic carbocycles. The SMILES string of the molecule is CCCCCC/C=C\C=C/CCCCCCCC(=O)O[C@H](COC(=O)CCCCCCCCCCCC(C)C)COP(=O)(O)OC[C@H](O)COP(=O)(O)OC[C@@H](COC(=O)CCCCCCCCCCCCCCCC(C)C)OC(=O)CCCCCCCCCCCCCCCCCCCCCCCC. The van der Waals surface area contributed by atoms with Gasteiger partial charge in [0.15, 0.2) is 12.2 Å². The zero-order valence-corrected chi connectivity index (χ0v) is 70.3. The first kappa shape index (κ1) is 103. The van der Waals surface area contributed by atoms with Gasteiger partial charge in [0.25, 0.3) is 0 Å². The van der Waals surface area contributed by atoms with Crippen molar-refractivity contribution in [3.8, 4) is 0 Å². The second-order valence-electron chi connectivity index (χ2n) is 31.2. The Morgan fingerprint density at radius 2 is 0.514 bits per heavy atom. The normalized spacial score (nSPS) is 14.0. The number of phosphoric acid groups is 2. The van der Waals surface area contributed by atoms with Gasteiger partial charge in [0.05, 0.1) is 26.4 Å². The molecule has 19 heteroatoms. The van der Waals surface area contributed by atoms with Crippen molar-refractivity contribution in [2.24, 2.45) is 11.8 Å². The topological polar surface area (TPSA) is 237 Å². The van der Waals surface area contributed by atoms with E-state index >= 15 is 0 Å². The molecule has 0 saturated carbocycles. The highest BCUT2D eigenvalue weighted by atomic mass is 31.2. The first-order valence-electron chi connectivity index (χ1n) is 43.8. The smallest absolute Gasteiger partial charge is 0.462 e. The third kappa shape index (κ3) is 79.4. The minimum absolute atomic E-state index is 0.0849. The number of ether oxygens (including phenoxy) is 4. The molecule has 105 heavy (non-hydrogen) atoms. The first-order chi connectivity index (χ1) is 50.9. The summed E-state index contributed by atoms with van der Waals surface area (Å²) in [6.45, 7) is 9.59. The highest BCUT2D eigenvalue weighted by Crippen LogP contribution is 2.45. The molecule has 5 atom stereocenters. The Labute approximate surface area is 643 Å². The Balaban J connectivity index is 5.27. The number of carbonyl (C=O) groups is 4. The minimum Gasteiger partial charge on any atom is -0.462 e. The van der Waals surface area contributed by atoms with Gasteiger partial charge >= 0.3 is 39.5 Å². The predicted molar refractivity (Wildman–Crippen MR) is 432 cm³/mol. The lowest BCUT2D eigenvalue weighted by atomic mass is 10.0. The van der Waals surface area contributed by atoms with Gasteiger partial charge in [-0.2, -0.15) is 0 Å². The average Bonchev–Trinajstić information content (AvgIpc) is 0.921. The summed E-state index contributed by atoms with van der Waals surface area (Å²) in [6, 6.07) is 0. The number of carbonyl (C=O) groups excluding carboxylic acids is 4. The van der Waals surface area contributed by atoms with Crippen LogP contribution in [-0.2, 0) is 65.4 Å². The quantitative estimate of drug-likeness (QED) is 0.0169. The van der Waals surface area contributed by atoms with Crippen LogP contribution in [0.4, 0.5) is 0 Å². The summed E-state index contributed by atoms with van der Waals surface area (Å²) in [7, 11) is -9.94. The second kappa shape index (κ2) is 76.9. The third-order valence-corrected chi connectivity index (χ3v) is 21.5. The van der Waals surface area contributed by atoms with E-state index in [1.165, 1.54) is 238 Å². The van der Waals surface area contributed by atoms with Crippen LogP contribution in [0.1, 0.15) is 433 Å². The second-order valence-corrected chi connectivity index (χ2v) is 34.1. The Bertz CT molecular complexity index is 2110. The molecule has 0 aliphatic rings. The van der Waals surface area contributed by atoms with Crippen LogP contribution in [0.2, 0.25) is 0 Å². The van der Waals surface area contributed by atoms with Crippen molar-refractivity contribution in [3.63, 3.8) is 0 Å². The molecule has 0 aromatic rings. The van der Waals surface area contributed by atoms with Crippen LogP contribution >= 0.6 is 15.6 Å². The standard InChI is InChI=1S/C86H164O17P2/c1-7-9-11-13-15-17-19-21-23-24-25-26-27-28-29-31-35-40-46-53-59-65-71-86(91)102-81(74-96-83(88)68-62-56-50-44-38-36-32-33-37-42-48-54-60-66-78(3)4)76-100-104(92,93)98-72-80(87)73-99-105(94,95)101-77-82(75-97-84(89)69-63-57-51-47-41-43-49-55-61-67-79(5)6)103-85(90)70-64-58-52-45-39-34-30-22-20-18-16-14-12-10-8-2/h18,20,22,30,78-82,87H,7-17,19,21,23-29,31-77H2,1-6H3,(H,92,93)(H,94,95)/b20-18-,30-22-/t80-,81-,82-/m1/s1. The Morgan fingerprint density at radius 1 is 0.295 bits per heavy atom. The average molecular weight is 1530 g/mol. The van der Waals surface area contributed by atoms with Crippen molar-refractivity contribution in [1.29, 1.82) is 0 Å². The van der Waals surface area contributed by atoms with Gasteiger partial charge in [0.1, 0.15) is 19.3 Å². The number of esters is 4. The molecule has 620 valence electrons. The molecule has 0 aromatic heterocycles. The molecule has 0 radical (unpaired) electrons. The Hall–Kier alpha value is -2.46. The zero-order chi connectivity index (χ0) is 77.1. The van der Waals surface area contributed by atoms with Gasteiger partial charge < -0.3 is 33.8 Å². The van der Waals surface area contributed by atoms with E-state index in [1.54, 1.807) is 0 Å². The summed E-state index contributed by atoms with van der Waals surface area (Å²) >= 11 is 0. The number of unbranched alkanes of at least 4 members (excludes halogenated alkanes) is 50. The van der Waals surface area contributed by atoms with E-state index in [4.69, 9.17) is 37.0 Å². The van der Waals surface area contributed by atoms with Crippen LogP contribution in [0, 0.1) is 11.8 Å². The summed E-state index contributed by atoms with van der Waals surface area (Å²) in [4.78, 5) is 73.2. The molecular formula is C86H164O17P2. The van der Waals surface area contributed by atoms with Gasteiger partial charge in [-0.3, -0.25) is 37.3 Å². The largest absolute Gasteiger partial charge is 0.472 e. The Morgan fingerprint density at radius 3 is 0.781 bits per heavy atom. The van der Waals surface area contributed by atoms with Gasteiger partial charge in [-0.05, 0) is 63.2 Å². The fraction of sp³-hybridized carbons (Fsp3) is 0.907. The van der Waals surface area contributed by atoms with Gasteiger partial charge in [0.2, 0.25) is 0 Å². The van der Waals surface area contributed by atoms with E-state index in [0.29, 0.717) is 25.7 Å². The molecule has 3 N–H and O–H groups in total. The summed E-state index contributed by atoms with van der Waals surface area (Å²) in [5.41, 5.74) is 0. The lowest BCUT2D eigenvalue weighted by Crippen LogP contribution is -2.30. The number of aliphatic hydroxyl groups excluding tert-OH is 1. The number of aliphatic hydroxyl groups is 1. The minimum atomic E-state index is -4.97. The van der Waals surface area contributed by atoms with Crippen molar-refractivity contribution in [3.05, 3.63) is 24.3 Å². The molecule has 0 aromatic carbocycles. The van der Waals surface area contributed by atoms with E-state index in [0.717, 1.165) is 115 Å². The molecular weight excluding hydrogens is 1370 g/mol. The third-order valence-electron chi connectivity index (χ3n) is 19.6. The maximum atomic E-state index is 13.1. The van der Waals surface area contributed by atoms with E-state index in [-0.39, 0.29) is 25.7 Å². The van der Waals surface area contributed by atoms with Gasteiger partial charge in [0, 0.05) is 25.7 Å². The van der Waals surface area contributed by atoms with E-state index < -0.39 is 97.5 Å². The fourth-order valence-corrected chi connectivity index (χ4v) is 14.5. The highest BCUT2D eigenvalue weighted by Gasteiger charge is 2.30. The molecule has 0 amide bonds. The van der Waals surface area contributed by atoms with E-state index in [9.17, 15) is 43.2 Å². The lowest BCUT2D eigenvalue weighted by Gasteiger charge is -2.21. The molecule has 0 heterocycles. The molecule has 0 rings (SSSR count). The summed E-state index contributed by atoms with van der Waals surface area (Å²) in [6.07, 6.45) is 71.7. The van der Waals surface area contributed by atoms with Crippen molar-refractivity contribution >= 4 is 39.5 Å². The van der Waals surface area contributed by atoms with Gasteiger partial charge in [-0.25, -0.2) is 9.13 Å². The van der Waals surface area contributed by atoms with Crippen LogP contribution in [-0.4, -0.2) is 96.7 Å². The predicted octanol–water partition coefficient (Wildman–Crippen LogP) is 25.8. The molecule has 0 bridgehead atoms. The molecule has 0 spiro atoms. The van der Waals surface area contributed by atoms with Gasteiger partial charge in [-0.1, -0.05) is 380 Å². The molecule has 0 saturated heterocycles. The maximum Gasteiger partial charge on any atom is 0.472 e. The molecule has 17 nitrogen and oxygen atoms in total. The number of rotatable bonds is 83.